The maximum atomic E-state index is 11.6. The maximum absolute atomic E-state index is 11.6. The number of hydrogen-bond donors (Lipinski definition) is 0. The van der Waals surface area contributed by atoms with E-state index in [4.69, 9.17) is 13.9 Å². The van der Waals surface area contributed by atoms with E-state index in [0.717, 1.165) is 22.6 Å². The fourth-order valence-corrected chi connectivity index (χ4v) is 3.38. The number of carbonyl (C=O) groups is 1. The Balaban J connectivity index is 2.08. The predicted molar refractivity (Wildman–Crippen MR) is 111 cm³/mol. The van der Waals surface area contributed by atoms with Crippen LogP contribution in [0.3, 0.4) is 0 Å². The number of esters is 1. The Morgan fingerprint density at radius 3 is 2.37 bits per heavy atom. The molecule has 0 fully saturated rings. The second-order valence-electron chi connectivity index (χ2n) is 8.27. The molecule has 0 radical (unpaired) electrons. The molecule has 0 saturated heterocycles. The molecule has 146 valence electrons. The first kappa shape index (κ1) is 21.0. The third-order valence-corrected chi connectivity index (χ3v) is 9.43. The summed E-state index contributed by atoms with van der Waals surface area (Å²) >= 11 is 0. The molecule has 0 unspecified atom stereocenters. The molecular formula is C22H30O4Si. The third-order valence-electron chi connectivity index (χ3n) is 5.07. The number of carbonyl (C=O) groups excluding carboxylic acids is 1. The van der Waals surface area contributed by atoms with Crippen LogP contribution in [0.1, 0.15) is 42.3 Å². The third kappa shape index (κ3) is 5.36. The van der Waals surface area contributed by atoms with Crippen molar-refractivity contribution in [1.29, 1.82) is 0 Å². The first-order valence-electron chi connectivity index (χ1n) is 9.13. The molecule has 5 heteroatoms. The van der Waals surface area contributed by atoms with Crippen LogP contribution in [0, 0.1) is 6.92 Å². The molecule has 2 aromatic rings. The van der Waals surface area contributed by atoms with Crippen LogP contribution in [0.15, 0.2) is 42.5 Å². The van der Waals surface area contributed by atoms with Gasteiger partial charge >= 0.3 is 5.97 Å². The van der Waals surface area contributed by atoms with Crippen molar-refractivity contribution in [1.82, 2.24) is 0 Å². The molecule has 2 rings (SSSR count). The van der Waals surface area contributed by atoms with Crippen molar-refractivity contribution in [3.8, 4) is 11.5 Å². The van der Waals surface area contributed by atoms with E-state index in [1.165, 1.54) is 7.11 Å². The highest BCUT2D eigenvalue weighted by Crippen LogP contribution is 2.38. The second kappa shape index (κ2) is 8.17. The molecule has 4 nitrogen and oxygen atoms in total. The Morgan fingerprint density at radius 2 is 1.78 bits per heavy atom. The van der Waals surface area contributed by atoms with E-state index in [1.54, 1.807) is 12.1 Å². The van der Waals surface area contributed by atoms with Gasteiger partial charge in [0.1, 0.15) is 18.1 Å². The molecule has 0 heterocycles. The zero-order chi connectivity index (χ0) is 20.2. The molecule has 0 saturated carbocycles. The minimum atomic E-state index is -1.86. The Morgan fingerprint density at radius 1 is 1.07 bits per heavy atom. The van der Waals surface area contributed by atoms with E-state index < -0.39 is 8.32 Å². The van der Waals surface area contributed by atoms with Gasteiger partial charge in [0, 0.05) is 0 Å². The van der Waals surface area contributed by atoms with Gasteiger partial charge in [-0.3, -0.25) is 0 Å². The van der Waals surface area contributed by atoms with Crippen LogP contribution in [0.5, 0.6) is 11.5 Å². The van der Waals surface area contributed by atoms with Gasteiger partial charge in [-0.15, -0.1) is 0 Å². The lowest BCUT2D eigenvalue weighted by Gasteiger charge is -2.36. The fraction of sp³-hybridized carbons (Fsp3) is 0.409. The quantitative estimate of drug-likeness (QED) is 0.469. The second-order valence-corrected chi connectivity index (χ2v) is 13.0. The van der Waals surface area contributed by atoms with E-state index in [2.05, 4.69) is 33.9 Å². The van der Waals surface area contributed by atoms with Crippen LogP contribution in [0.2, 0.25) is 18.1 Å². The van der Waals surface area contributed by atoms with Crippen molar-refractivity contribution in [2.24, 2.45) is 0 Å². The molecule has 0 amide bonds. The first-order valence-corrected chi connectivity index (χ1v) is 12.0. The molecule has 0 aliphatic carbocycles. The van der Waals surface area contributed by atoms with Gasteiger partial charge in [-0.1, -0.05) is 32.9 Å². The van der Waals surface area contributed by atoms with Crippen molar-refractivity contribution in [2.75, 3.05) is 7.11 Å². The molecule has 0 aliphatic rings. The van der Waals surface area contributed by atoms with Crippen LogP contribution in [0.4, 0.5) is 0 Å². The SMILES string of the molecule is COC(=O)c1cccc(COc2ccc(O[Si](C)(C)C(C)(C)C)cc2C)c1. The fourth-order valence-electron chi connectivity index (χ4n) is 2.36. The summed E-state index contributed by atoms with van der Waals surface area (Å²) in [6.45, 7) is 13.6. The minimum absolute atomic E-state index is 0.154. The molecule has 0 N–H and O–H groups in total. The van der Waals surface area contributed by atoms with Crippen molar-refractivity contribution in [3.63, 3.8) is 0 Å². The van der Waals surface area contributed by atoms with Gasteiger partial charge in [0.2, 0.25) is 8.32 Å². The Bertz CT molecular complexity index is 806. The molecule has 0 spiro atoms. The zero-order valence-electron chi connectivity index (χ0n) is 17.4. The summed E-state index contributed by atoms with van der Waals surface area (Å²) in [7, 11) is -0.485. The molecule has 2 aromatic carbocycles. The zero-order valence-corrected chi connectivity index (χ0v) is 18.4. The topological polar surface area (TPSA) is 44.8 Å². The summed E-state index contributed by atoms with van der Waals surface area (Å²) < 4.78 is 17.1. The summed E-state index contributed by atoms with van der Waals surface area (Å²) in [6.07, 6.45) is 0. The smallest absolute Gasteiger partial charge is 0.337 e. The Hall–Kier alpha value is -2.27. The number of rotatable bonds is 6. The largest absolute Gasteiger partial charge is 0.543 e. The van der Waals surface area contributed by atoms with Crippen molar-refractivity contribution >= 4 is 14.3 Å². The van der Waals surface area contributed by atoms with Crippen LogP contribution in [-0.2, 0) is 11.3 Å². The summed E-state index contributed by atoms with van der Waals surface area (Å²) in [4.78, 5) is 11.6. The van der Waals surface area contributed by atoms with Gasteiger partial charge in [0.25, 0.3) is 0 Å². The van der Waals surface area contributed by atoms with Gasteiger partial charge in [0.15, 0.2) is 0 Å². The van der Waals surface area contributed by atoms with Gasteiger partial charge < -0.3 is 13.9 Å². The predicted octanol–water partition coefficient (Wildman–Crippen LogP) is 5.74. The number of benzene rings is 2. The number of ether oxygens (including phenoxy) is 2. The molecule has 0 aliphatic heterocycles. The van der Waals surface area contributed by atoms with E-state index in [0.29, 0.717) is 12.2 Å². The van der Waals surface area contributed by atoms with Gasteiger partial charge in [-0.25, -0.2) is 4.79 Å². The monoisotopic (exact) mass is 386 g/mol. The summed E-state index contributed by atoms with van der Waals surface area (Å²) in [5.41, 5.74) is 2.46. The van der Waals surface area contributed by atoms with E-state index in [9.17, 15) is 4.79 Å². The normalized spacial score (nSPS) is 11.8. The lowest BCUT2D eigenvalue weighted by Crippen LogP contribution is -2.43. The average Bonchev–Trinajstić information content (AvgIpc) is 2.59. The lowest BCUT2D eigenvalue weighted by molar-refractivity contribution is 0.0600. The maximum Gasteiger partial charge on any atom is 0.337 e. The van der Waals surface area contributed by atoms with Gasteiger partial charge in [0.05, 0.1) is 12.7 Å². The first-order chi connectivity index (χ1) is 12.5. The highest BCUT2D eigenvalue weighted by molar-refractivity contribution is 6.74. The highest BCUT2D eigenvalue weighted by atomic mass is 28.4. The molecule has 0 atom stereocenters. The average molecular weight is 387 g/mol. The van der Waals surface area contributed by atoms with Gasteiger partial charge in [-0.2, -0.15) is 0 Å². The molecule has 0 bridgehead atoms. The Labute approximate surface area is 163 Å². The van der Waals surface area contributed by atoms with Crippen LogP contribution < -0.4 is 9.16 Å². The van der Waals surface area contributed by atoms with Crippen LogP contribution >= 0.6 is 0 Å². The van der Waals surface area contributed by atoms with Crippen LogP contribution in [-0.4, -0.2) is 21.4 Å². The Kier molecular flexibility index (Phi) is 6.37. The van der Waals surface area contributed by atoms with E-state index in [1.807, 2.05) is 37.3 Å². The standard InChI is InChI=1S/C22H30O4Si/c1-16-13-19(26-27(6,7)22(2,3)4)11-12-20(16)25-15-17-9-8-10-18(14-17)21(23)24-5/h8-14H,15H2,1-7H3. The highest BCUT2D eigenvalue weighted by Gasteiger charge is 2.39. The number of hydrogen-bond acceptors (Lipinski definition) is 4. The van der Waals surface area contributed by atoms with E-state index in [-0.39, 0.29) is 11.0 Å². The van der Waals surface area contributed by atoms with Crippen molar-refractivity contribution in [2.45, 2.75) is 52.4 Å². The molecule has 27 heavy (non-hydrogen) atoms. The number of methoxy groups -OCH3 is 1. The minimum Gasteiger partial charge on any atom is -0.543 e. The van der Waals surface area contributed by atoms with Crippen molar-refractivity contribution < 1.29 is 18.7 Å². The van der Waals surface area contributed by atoms with Crippen molar-refractivity contribution in [3.05, 3.63) is 59.2 Å². The number of aryl methyl sites for hydroxylation is 1. The summed E-state index contributed by atoms with van der Waals surface area (Å²) in [5.74, 6) is 1.35. The van der Waals surface area contributed by atoms with Gasteiger partial charge in [-0.05, 0) is 66.5 Å². The molecule has 0 aromatic heterocycles. The summed E-state index contributed by atoms with van der Waals surface area (Å²) in [5, 5.41) is 0.154. The molecular weight excluding hydrogens is 356 g/mol. The van der Waals surface area contributed by atoms with E-state index >= 15 is 0 Å². The summed E-state index contributed by atoms with van der Waals surface area (Å²) in [6, 6.07) is 13.2. The van der Waals surface area contributed by atoms with Crippen LogP contribution in [0.25, 0.3) is 0 Å². The lowest BCUT2D eigenvalue weighted by atomic mass is 10.1.